The van der Waals surface area contributed by atoms with Gasteiger partial charge in [-0.05, 0) is 13.3 Å². The van der Waals surface area contributed by atoms with Gasteiger partial charge in [0, 0.05) is 39.0 Å². The SMILES string of the molecule is CC#CCn1c(N2CCNCC2)nc2nc(SCCCCCCCCCCCC)n(C)c(=O)c21.O=C(O)C(F)(F)F. The summed E-state index contributed by atoms with van der Waals surface area (Å²) in [4.78, 5) is 34.0. The number of nitrogens with one attached hydrogen (secondary N) is 1. The fraction of sp³-hybridized carbons (Fsp3) is 0.714. The average Bonchev–Trinajstić information content (AvgIpc) is 3.31. The zero-order valence-corrected chi connectivity index (χ0v) is 25.2. The van der Waals surface area contributed by atoms with E-state index in [1.165, 1.54) is 57.8 Å². The monoisotopic (exact) mass is 600 g/mol. The summed E-state index contributed by atoms with van der Waals surface area (Å²) in [7, 11) is 1.82. The van der Waals surface area contributed by atoms with Gasteiger partial charge in [-0.2, -0.15) is 18.2 Å². The highest BCUT2D eigenvalue weighted by molar-refractivity contribution is 7.99. The summed E-state index contributed by atoms with van der Waals surface area (Å²) in [6.45, 7) is 8.09. The Morgan fingerprint density at radius 1 is 1.02 bits per heavy atom. The number of halogens is 3. The minimum atomic E-state index is -5.08. The second-order valence-corrected chi connectivity index (χ2v) is 11.0. The predicted molar refractivity (Wildman–Crippen MR) is 158 cm³/mol. The summed E-state index contributed by atoms with van der Waals surface area (Å²) in [5.41, 5.74) is 1.06. The zero-order chi connectivity index (χ0) is 30.3. The number of hydrogen-bond acceptors (Lipinski definition) is 7. The maximum Gasteiger partial charge on any atom is 0.490 e. The van der Waals surface area contributed by atoms with E-state index in [0.717, 1.165) is 49.5 Å². The van der Waals surface area contributed by atoms with Crippen LogP contribution in [-0.2, 0) is 18.4 Å². The van der Waals surface area contributed by atoms with Gasteiger partial charge in [0.25, 0.3) is 5.56 Å². The second kappa shape index (κ2) is 18.0. The Kier molecular flexibility index (Phi) is 15.1. The van der Waals surface area contributed by atoms with E-state index in [-0.39, 0.29) is 5.56 Å². The van der Waals surface area contributed by atoms with Crippen molar-refractivity contribution in [3.63, 3.8) is 0 Å². The topological polar surface area (TPSA) is 105 Å². The van der Waals surface area contributed by atoms with Crippen LogP contribution in [0.3, 0.4) is 0 Å². The number of unbranched alkanes of at least 4 members (excludes halogenated alkanes) is 9. The molecule has 0 atom stereocenters. The molecular formula is C28H43F3N6O3S. The lowest BCUT2D eigenvalue weighted by molar-refractivity contribution is -0.192. The smallest absolute Gasteiger partial charge is 0.475 e. The summed E-state index contributed by atoms with van der Waals surface area (Å²) < 4.78 is 35.4. The van der Waals surface area contributed by atoms with Crippen molar-refractivity contribution in [1.82, 2.24) is 24.4 Å². The number of thioether (sulfide) groups is 1. The Labute approximate surface area is 244 Å². The standard InChI is InChI=1S/C26H42N6OS.C2HF3O2/c1-4-6-8-9-10-11-12-13-14-15-21-34-26-29-23-22(24(33)30(26)3)32(18-7-5-2)25(28-23)31-19-16-27-17-20-31;3-2(4,5)1(6)7/h27H,4,6,8-21H2,1-3H3;(H,6,7). The molecule has 1 fully saturated rings. The highest BCUT2D eigenvalue weighted by Crippen LogP contribution is 2.23. The first kappa shape index (κ1) is 34.5. The quantitative estimate of drug-likeness (QED) is 0.132. The minimum Gasteiger partial charge on any atom is -0.475 e. The number of anilines is 1. The lowest BCUT2D eigenvalue weighted by atomic mass is 10.1. The van der Waals surface area contributed by atoms with Gasteiger partial charge in [0.05, 0.1) is 6.54 Å². The van der Waals surface area contributed by atoms with Crippen LogP contribution >= 0.6 is 11.8 Å². The van der Waals surface area contributed by atoms with E-state index in [1.54, 1.807) is 16.3 Å². The molecule has 0 aliphatic carbocycles. The molecule has 0 saturated carbocycles. The van der Waals surface area contributed by atoms with Crippen LogP contribution in [0.2, 0.25) is 0 Å². The largest absolute Gasteiger partial charge is 0.490 e. The van der Waals surface area contributed by atoms with Crippen molar-refractivity contribution in [3.05, 3.63) is 10.4 Å². The summed E-state index contributed by atoms with van der Waals surface area (Å²) in [6.07, 6.45) is 8.19. The van der Waals surface area contributed by atoms with Crippen molar-refractivity contribution in [2.75, 3.05) is 36.8 Å². The Balaban J connectivity index is 0.000000745. The van der Waals surface area contributed by atoms with Crippen molar-refractivity contribution in [2.45, 2.75) is 95.9 Å². The predicted octanol–water partition coefficient (Wildman–Crippen LogP) is 5.21. The first-order valence-corrected chi connectivity index (χ1v) is 15.4. The first-order chi connectivity index (χ1) is 19.6. The molecule has 2 aromatic rings. The molecule has 3 heterocycles. The number of piperazine rings is 1. The number of fused-ring (bicyclic) bond motifs is 1. The lowest BCUT2D eigenvalue weighted by Gasteiger charge is -2.28. The van der Waals surface area contributed by atoms with Crippen LogP contribution in [0.5, 0.6) is 0 Å². The normalized spacial score (nSPS) is 13.5. The molecule has 0 aromatic carbocycles. The summed E-state index contributed by atoms with van der Waals surface area (Å²) in [6, 6.07) is 0. The Bertz CT molecular complexity index is 1210. The van der Waals surface area contributed by atoms with Crippen molar-refractivity contribution in [3.8, 4) is 11.8 Å². The zero-order valence-electron chi connectivity index (χ0n) is 24.4. The molecule has 13 heteroatoms. The molecule has 9 nitrogen and oxygen atoms in total. The maximum atomic E-state index is 13.3. The molecule has 2 N–H and O–H groups in total. The molecule has 1 aliphatic heterocycles. The number of aromatic nitrogens is 4. The molecule has 0 unspecified atom stereocenters. The number of alkyl halides is 3. The van der Waals surface area contributed by atoms with Crippen LogP contribution in [0.15, 0.2) is 9.95 Å². The van der Waals surface area contributed by atoms with Gasteiger partial charge >= 0.3 is 12.1 Å². The van der Waals surface area contributed by atoms with Gasteiger partial charge in [0.1, 0.15) is 0 Å². The summed E-state index contributed by atoms with van der Waals surface area (Å²) in [5, 5.41) is 11.3. The van der Waals surface area contributed by atoms with E-state index >= 15 is 0 Å². The fourth-order valence-electron chi connectivity index (χ4n) is 4.43. The molecule has 0 amide bonds. The molecule has 0 radical (unpaired) electrons. The van der Waals surface area contributed by atoms with Gasteiger partial charge in [-0.3, -0.25) is 13.9 Å². The summed E-state index contributed by atoms with van der Waals surface area (Å²) >= 11 is 1.67. The average molecular weight is 601 g/mol. The molecule has 2 aromatic heterocycles. The second-order valence-electron chi connectivity index (χ2n) is 9.93. The highest BCUT2D eigenvalue weighted by atomic mass is 32.2. The molecular weight excluding hydrogens is 557 g/mol. The van der Waals surface area contributed by atoms with Gasteiger partial charge in [0.2, 0.25) is 5.95 Å². The number of imidazole rings is 1. The van der Waals surface area contributed by atoms with E-state index < -0.39 is 12.1 Å². The van der Waals surface area contributed by atoms with E-state index in [4.69, 9.17) is 19.9 Å². The third-order valence-corrected chi connectivity index (χ3v) is 7.83. The molecule has 0 spiro atoms. The van der Waals surface area contributed by atoms with Gasteiger partial charge in [-0.15, -0.1) is 5.92 Å². The Morgan fingerprint density at radius 3 is 2.12 bits per heavy atom. The van der Waals surface area contributed by atoms with Gasteiger partial charge in [-0.25, -0.2) is 9.78 Å². The number of carboxylic acids is 1. The van der Waals surface area contributed by atoms with Crippen LogP contribution in [0, 0.1) is 11.8 Å². The van der Waals surface area contributed by atoms with E-state index in [0.29, 0.717) is 17.7 Å². The van der Waals surface area contributed by atoms with Crippen molar-refractivity contribution in [1.29, 1.82) is 0 Å². The third-order valence-electron chi connectivity index (χ3n) is 6.71. The van der Waals surface area contributed by atoms with E-state index in [2.05, 4.69) is 29.0 Å². The molecule has 3 rings (SSSR count). The molecule has 230 valence electrons. The number of nitrogens with zero attached hydrogens (tertiary/aromatic N) is 5. The van der Waals surface area contributed by atoms with Gasteiger partial charge in [0.15, 0.2) is 16.3 Å². The first-order valence-electron chi connectivity index (χ1n) is 14.4. The molecule has 1 aliphatic rings. The molecule has 41 heavy (non-hydrogen) atoms. The van der Waals surface area contributed by atoms with Crippen LogP contribution in [0.25, 0.3) is 11.2 Å². The number of hydrogen-bond donors (Lipinski definition) is 2. The van der Waals surface area contributed by atoms with Crippen molar-refractivity contribution >= 4 is 34.8 Å². The molecule has 0 bridgehead atoms. The van der Waals surface area contributed by atoms with Gasteiger partial charge < -0.3 is 15.3 Å². The molecule has 1 saturated heterocycles. The van der Waals surface area contributed by atoms with E-state index in [1.807, 2.05) is 18.5 Å². The minimum absolute atomic E-state index is 0.0395. The number of aliphatic carboxylic acids is 1. The van der Waals surface area contributed by atoms with Crippen molar-refractivity contribution in [2.24, 2.45) is 7.05 Å². The fourth-order valence-corrected chi connectivity index (χ4v) is 5.38. The van der Waals surface area contributed by atoms with Crippen LogP contribution < -0.4 is 15.8 Å². The number of carbonyl (C=O) groups is 1. The maximum absolute atomic E-state index is 13.3. The summed E-state index contributed by atoms with van der Waals surface area (Å²) in [5.74, 6) is 5.09. The Hall–Kier alpha value is -2.72. The van der Waals surface area contributed by atoms with E-state index in [9.17, 15) is 18.0 Å². The van der Waals surface area contributed by atoms with Crippen molar-refractivity contribution < 1.29 is 23.1 Å². The van der Waals surface area contributed by atoms with Gasteiger partial charge in [-0.1, -0.05) is 82.4 Å². The number of carboxylic acid groups (broad SMARTS) is 1. The lowest BCUT2D eigenvalue weighted by Crippen LogP contribution is -2.44. The highest BCUT2D eigenvalue weighted by Gasteiger charge is 2.38. The third kappa shape index (κ3) is 11.2. The van der Waals surface area contributed by atoms with Crippen LogP contribution in [0.4, 0.5) is 19.1 Å². The van der Waals surface area contributed by atoms with Crippen LogP contribution in [-0.4, -0.2) is 68.3 Å². The van der Waals surface area contributed by atoms with Crippen LogP contribution in [0.1, 0.15) is 78.1 Å². The Morgan fingerprint density at radius 2 is 1.59 bits per heavy atom. The number of rotatable bonds is 14.